The zero-order valence-electron chi connectivity index (χ0n) is 14.5. The van der Waals surface area contributed by atoms with E-state index in [0.717, 1.165) is 12.3 Å². The van der Waals surface area contributed by atoms with Crippen molar-refractivity contribution in [1.29, 1.82) is 0 Å². The standard InChI is InChI=1S/C18H18ClNO5S/c1-12(17(21)20(2)13-7-5-4-6-8-13)25-18(22)15-11-14(26(3,23)24)9-10-16(15)19/h4-12H,1-3H3/t12-/m1/s1. The summed E-state index contributed by atoms with van der Waals surface area (Å²) in [5.74, 6) is -1.30. The smallest absolute Gasteiger partial charge is 0.340 e. The summed E-state index contributed by atoms with van der Waals surface area (Å²) in [7, 11) is -1.94. The normalized spacial score (nSPS) is 12.3. The van der Waals surface area contributed by atoms with E-state index < -0.39 is 27.8 Å². The number of ether oxygens (including phenoxy) is 1. The second kappa shape index (κ2) is 7.88. The van der Waals surface area contributed by atoms with Gasteiger partial charge in [0.15, 0.2) is 15.9 Å². The van der Waals surface area contributed by atoms with Crippen molar-refractivity contribution in [3.8, 4) is 0 Å². The quantitative estimate of drug-likeness (QED) is 0.727. The average Bonchev–Trinajstić information content (AvgIpc) is 2.60. The number of sulfone groups is 1. The largest absolute Gasteiger partial charge is 0.449 e. The lowest BCUT2D eigenvalue weighted by molar-refractivity contribution is -0.126. The van der Waals surface area contributed by atoms with E-state index in [1.54, 1.807) is 31.3 Å². The molecule has 0 radical (unpaired) electrons. The summed E-state index contributed by atoms with van der Waals surface area (Å²) in [4.78, 5) is 26.1. The number of hydrogen-bond acceptors (Lipinski definition) is 5. The average molecular weight is 396 g/mol. The lowest BCUT2D eigenvalue weighted by Gasteiger charge is -2.21. The van der Waals surface area contributed by atoms with E-state index in [1.165, 1.54) is 24.0 Å². The van der Waals surface area contributed by atoms with Crippen LogP contribution in [0.2, 0.25) is 5.02 Å². The van der Waals surface area contributed by atoms with Crippen LogP contribution in [-0.2, 0) is 19.4 Å². The molecule has 1 amide bonds. The van der Waals surface area contributed by atoms with Gasteiger partial charge in [-0.15, -0.1) is 0 Å². The van der Waals surface area contributed by atoms with Crippen LogP contribution in [0.1, 0.15) is 17.3 Å². The molecule has 26 heavy (non-hydrogen) atoms. The lowest BCUT2D eigenvalue weighted by Crippen LogP contribution is -2.37. The van der Waals surface area contributed by atoms with Crippen molar-refractivity contribution >= 4 is 39.0 Å². The van der Waals surface area contributed by atoms with Crippen LogP contribution < -0.4 is 4.90 Å². The van der Waals surface area contributed by atoms with Gasteiger partial charge in [-0.1, -0.05) is 29.8 Å². The highest BCUT2D eigenvalue weighted by molar-refractivity contribution is 7.90. The number of carbonyl (C=O) groups excluding carboxylic acids is 2. The van der Waals surface area contributed by atoms with E-state index in [2.05, 4.69) is 0 Å². The van der Waals surface area contributed by atoms with Gasteiger partial charge in [-0.05, 0) is 37.3 Å². The molecule has 0 aliphatic carbocycles. The zero-order valence-corrected chi connectivity index (χ0v) is 16.0. The van der Waals surface area contributed by atoms with Crippen molar-refractivity contribution in [3.63, 3.8) is 0 Å². The molecule has 6 nitrogen and oxygen atoms in total. The van der Waals surface area contributed by atoms with Crippen LogP contribution >= 0.6 is 11.6 Å². The number of anilines is 1. The summed E-state index contributed by atoms with van der Waals surface area (Å²) >= 11 is 5.97. The Hall–Kier alpha value is -2.38. The molecule has 0 spiro atoms. The van der Waals surface area contributed by atoms with Gasteiger partial charge in [-0.25, -0.2) is 13.2 Å². The number of halogens is 1. The van der Waals surface area contributed by atoms with Gasteiger partial charge >= 0.3 is 5.97 Å². The molecule has 0 N–H and O–H groups in total. The van der Waals surface area contributed by atoms with Crippen LogP contribution in [0.3, 0.4) is 0 Å². The molecular formula is C18H18ClNO5S. The number of hydrogen-bond donors (Lipinski definition) is 0. The molecule has 0 saturated heterocycles. The molecule has 0 saturated carbocycles. The first-order chi connectivity index (χ1) is 12.1. The monoisotopic (exact) mass is 395 g/mol. The number of nitrogens with zero attached hydrogens (tertiary/aromatic N) is 1. The van der Waals surface area contributed by atoms with Gasteiger partial charge in [0.2, 0.25) is 0 Å². The molecule has 138 valence electrons. The molecule has 2 aromatic rings. The maximum absolute atomic E-state index is 12.4. The lowest BCUT2D eigenvalue weighted by atomic mass is 10.2. The molecule has 1 atom stereocenters. The van der Waals surface area contributed by atoms with Gasteiger partial charge in [-0.3, -0.25) is 4.79 Å². The summed E-state index contributed by atoms with van der Waals surface area (Å²) in [5.41, 5.74) is 0.536. The number of amides is 1. The molecule has 0 aromatic heterocycles. The third-order valence-corrected chi connectivity index (χ3v) is 5.13. The fraction of sp³-hybridized carbons (Fsp3) is 0.222. The van der Waals surface area contributed by atoms with Crippen molar-refractivity contribution < 1.29 is 22.7 Å². The van der Waals surface area contributed by atoms with Gasteiger partial charge in [0.1, 0.15) is 0 Å². The van der Waals surface area contributed by atoms with E-state index in [0.29, 0.717) is 5.69 Å². The summed E-state index contributed by atoms with van der Waals surface area (Å²) in [6, 6.07) is 12.6. The van der Waals surface area contributed by atoms with E-state index >= 15 is 0 Å². The van der Waals surface area contributed by atoms with Crippen LogP contribution in [0.4, 0.5) is 5.69 Å². The molecule has 0 unspecified atom stereocenters. The Bertz CT molecular complexity index is 928. The minimum Gasteiger partial charge on any atom is -0.449 e. The van der Waals surface area contributed by atoms with E-state index in [4.69, 9.17) is 16.3 Å². The van der Waals surface area contributed by atoms with Crippen LogP contribution in [-0.4, -0.2) is 39.7 Å². The van der Waals surface area contributed by atoms with Gasteiger partial charge < -0.3 is 9.64 Å². The number of benzene rings is 2. The number of carbonyl (C=O) groups is 2. The molecule has 2 rings (SSSR count). The molecule has 2 aromatic carbocycles. The molecule has 8 heteroatoms. The van der Waals surface area contributed by atoms with Crippen molar-refractivity contribution in [3.05, 3.63) is 59.1 Å². The predicted molar refractivity (Wildman–Crippen MR) is 99.3 cm³/mol. The highest BCUT2D eigenvalue weighted by atomic mass is 35.5. The highest BCUT2D eigenvalue weighted by Gasteiger charge is 2.25. The van der Waals surface area contributed by atoms with Crippen molar-refractivity contribution in [1.82, 2.24) is 0 Å². The maximum atomic E-state index is 12.4. The van der Waals surface area contributed by atoms with Gasteiger partial charge in [-0.2, -0.15) is 0 Å². The Labute approximate surface area is 157 Å². The molecule has 0 bridgehead atoms. The summed E-state index contributed by atoms with van der Waals surface area (Å²) < 4.78 is 28.5. The Morgan fingerprint density at radius 1 is 1.12 bits per heavy atom. The third kappa shape index (κ3) is 4.62. The van der Waals surface area contributed by atoms with Crippen molar-refractivity contribution in [2.75, 3.05) is 18.2 Å². The molecule has 0 heterocycles. The fourth-order valence-corrected chi connectivity index (χ4v) is 3.06. The Kier molecular flexibility index (Phi) is 6.05. The van der Waals surface area contributed by atoms with E-state index in [1.807, 2.05) is 6.07 Å². The number of rotatable bonds is 5. The van der Waals surface area contributed by atoms with E-state index in [9.17, 15) is 18.0 Å². The summed E-state index contributed by atoms with van der Waals surface area (Å²) in [6.45, 7) is 1.44. The number of likely N-dealkylation sites (N-methyl/N-ethyl adjacent to an activating group) is 1. The second-order valence-electron chi connectivity index (χ2n) is 5.69. The Morgan fingerprint density at radius 2 is 1.73 bits per heavy atom. The maximum Gasteiger partial charge on any atom is 0.340 e. The van der Waals surface area contributed by atoms with Gasteiger partial charge in [0.25, 0.3) is 5.91 Å². The predicted octanol–water partition coefficient (Wildman–Crippen LogP) is 2.95. The first-order valence-electron chi connectivity index (χ1n) is 7.64. The highest BCUT2D eigenvalue weighted by Crippen LogP contribution is 2.22. The third-order valence-electron chi connectivity index (χ3n) is 3.69. The Morgan fingerprint density at radius 3 is 2.31 bits per heavy atom. The SMILES string of the molecule is C[C@@H](OC(=O)c1cc(S(C)(=O)=O)ccc1Cl)C(=O)N(C)c1ccccc1. The molecule has 0 aliphatic heterocycles. The van der Waals surface area contributed by atoms with Crippen LogP contribution in [0.5, 0.6) is 0 Å². The zero-order chi connectivity index (χ0) is 19.5. The van der Waals surface area contributed by atoms with Crippen LogP contribution in [0.15, 0.2) is 53.4 Å². The minimum atomic E-state index is -3.51. The molecule has 0 aliphatic rings. The van der Waals surface area contributed by atoms with Crippen LogP contribution in [0, 0.1) is 0 Å². The first kappa shape index (κ1) is 19.9. The summed E-state index contributed by atoms with van der Waals surface area (Å²) in [6.07, 6.45) is -0.0579. The first-order valence-corrected chi connectivity index (χ1v) is 9.91. The fourth-order valence-electron chi connectivity index (χ4n) is 2.22. The minimum absolute atomic E-state index is 0.0402. The Balaban J connectivity index is 2.18. The van der Waals surface area contributed by atoms with Gasteiger partial charge in [0, 0.05) is 19.0 Å². The van der Waals surface area contributed by atoms with Gasteiger partial charge in [0.05, 0.1) is 15.5 Å². The summed E-state index contributed by atoms with van der Waals surface area (Å²) in [5, 5.41) is 0.0402. The van der Waals surface area contributed by atoms with Crippen molar-refractivity contribution in [2.24, 2.45) is 0 Å². The second-order valence-corrected chi connectivity index (χ2v) is 8.12. The number of para-hydroxylation sites is 1. The van der Waals surface area contributed by atoms with Crippen molar-refractivity contribution in [2.45, 2.75) is 17.9 Å². The van der Waals surface area contributed by atoms with Crippen LogP contribution in [0.25, 0.3) is 0 Å². The molecular weight excluding hydrogens is 378 g/mol. The number of esters is 1. The van der Waals surface area contributed by atoms with E-state index in [-0.39, 0.29) is 15.5 Å². The molecule has 0 fully saturated rings. The topological polar surface area (TPSA) is 80.8 Å².